The van der Waals surface area contributed by atoms with E-state index in [-0.39, 0.29) is 11.9 Å². The Kier molecular flexibility index (Phi) is 5.33. The third kappa shape index (κ3) is 4.16. The van der Waals surface area contributed by atoms with Gasteiger partial charge in [-0.25, -0.2) is 4.98 Å². The Labute approximate surface area is 169 Å². The summed E-state index contributed by atoms with van der Waals surface area (Å²) in [7, 11) is 3.54. The number of nitrogens with zero attached hydrogens (tertiary/aromatic N) is 2. The van der Waals surface area contributed by atoms with E-state index < -0.39 is 0 Å². The van der Waals surface area contributed by atoms with Crippen molar-refractivity contribution in [1.82, 2.24) is 14.9 Å². The van der Waals surface area contributed by atoms with Crippen LogP contribution in [0.25, 0.3) is 6.08 Å². The first kappa shape index (κ1) is 18.8. The van der Waals surface area contributed by atoms with Crippen LogP contribution in [0.15, 0.2) is 60.9 Å². The standard InChI is InChI=1S/C23H23N3O3/c1-26-13-12-24-23(26)22(17-5-7-19(28-2)8-6-17)25-21(27)10-4-16-3-9-20-18(15-16)11-14-29-20/h3-10,12-13,15,22H,11,14H2,1-2H3,(H,25,27)/b10-4+. The zero-order valence-corrected chi connectivity index (χ0v) is 16.5. The second-order valence-electron chi connectivity index (χ2n) is 6.91. The number of imidazole rings is 1. The normalized spacial score (nSPS) is 13.7. The molecule has 1 N–H and O–H groups in total. The first-order valence-electron chi connectivity index (χ1n) is 9.49. The van der Waals surface area contributed by atoms with E-state index >= 15 is 0 Å². The number of carbonyl (C=O) groups is 1. The molecule has 1 aliphatic heterocycles. The maximum Gasteiger partial charge on any atom is 0.244 e. The van der Waals surface area contributed by atoms with Crippen molar-refractivity contribution < 1.29 is 14.3 Å². The number of hydrogen-bond acceptors (Lipinski definition) is 4. The molecule has 0 saturated heterocycles. The molecule has 1 aliphatic rings. The number of ether oxygens (including phenoxy) is 2. The molecule has 2 aromatic carbocycles. The Morgan fingerprint density at radius 1 is 1.28 bits per heavy atom. The van der Waals surface area contributed by atoms with Crippen molar-refractivity contribution in [3.63, 3.8) is 0 Å². The molecular formula is C23H23N3O3. The van der Waals surface area contributed by atoms with Crippen molar-refractivity contribution in [1.29, 1.82) is 0 Å². The summed E-state index contributed by atoms with van der Waals surface area (Å²) >= 11 is 0. The Morgan fingerprint density at radius 3 is 2.83 bits per heavy atom. The van der Waals surface area contributed by atoms with E-state index in [9.17, 15) is 4.79 Å². The van der Waals surface area contributed by atoms with E-state index in [2.05, 4.69) is 16.4 Å². The number of methoxy groups -OCH3 is 1. The highest BCUT2D eigenvalue weighted by atomic mass is 16.5. The molecule has 0 aliphatic carbocycles. The van der Waals surface area contributed by atoms with Gasteiger partial charge in [0, 0.05) is 31.9 Å². The number of rotatable bonds is 6. The molecule has 0 bridgehead atoms. The fourth-order valence-electron chi connectivity index (χ4n) is 3.42. The highest BCUT2D eigenvalue weighted by Crippen LogP contribution is 2.26. The number of benzene rings is 2. The third-order valence-electron chi connectivity index (χ3n) is 4.99. The predicted octanol–water partition coefficient (Wildman–Crippen LogP) is 3.28. The van der Waals surface area contributed by atoms with E-state index in [1.54, 1.807) is 19.4 Å². The summed E-state index contributed by atoms with van der Waals surface area (Å²) in [6.45, 7) is 0.718. The lowest BCUT2D eigenvalue weighted by Gasteiger charge is -2.18. The topological polar surface area (TPSA) is 65.4 Å². The minimum Gasteiger partial charge on any atom is -0.497 e. The van der Waals surface area contributed by atoms with Crippen LogP contribution in [0.1, 0.15) is 28.6 Å². The van der Waals surface area contributed by atoms with Gasteiger partial charge in [-0.1, -0.05) is 18.2 Å². The Bertz CT molecular complexity index is 1040. The van der Waals surface area contributed by atoms with Crippen molar-refractivity contribution in [2.75, 3.05) is 13.7 Å². The number of amides is 1. The molecule has 4 rings (SSSR count). The second kappa shape index (κ2) is 8.22. The van der Waals surface area contributed by atoms with Crippen molar-refractivity contribution >= 4 is 12.0 Å². The summed E-state index contributed by atoms with van der Waals surface area (Å²) in [4.78, 5) is 17.1. The van der Waals surface area contributed by atoms with Crippen molar-refractivity contribution in [3.05, 3.63) is 83.4 Å². The third-order valence-corrected chi connectivity index (χ3v) is 4.99. The largest absolute Gasteiger partial charge is 0.497 e. The van der Waals surface area contributed by atoms with Crippen LogP contribution in [-0.2, 0) is 18.3 Å². The Balaban J connectivity index is 1.53. The van der Waals surface area contributed by atoms with Crippen molar-refractivity contribution in [3.8, 4) is 11.5 Å². The average Bonchev–Trinajstić information content (AvgIpc) is 3.39. The van der Waals surface area contributed by atoms with Crippen LogP contribution < -0.4 is 14.8 Å². The lowest BCUT2D eigenvalue weighted by molar-refractivity contribution is -0.117. The zero-order chi connectivity index (χ0) is 20.2. The maximum atomic E-state index is 12.7. The fraction of sp³-hybridized carbons (Fsp3) is 0.217. The summed E-state index contributed by atoms with van der Waals surface area (Å²) in [5.41, 5.74) is 3.08. The zero-order valence-electron chi connectivity index (χ0n) is 16.5. The molecule has 0 fully saturated rings. The fourth-order valence-corrected chi connectivity index (χ4v) is 3.42. The van der Waals surface area contributed by atoms with E-state index in [0.717, 1.165) is 41.5 Å². The van der Waals surface area contributed by atoms with Gasteiger partial charge >= 0.3 is 0 Å². The molecule has 1 aromatic heterocycles. The van der Waals surface area contributed by atoms with Crippen molar-refractivity contribution in [2.24, 2.45) is 7.05 Å². The first-order chi connectivity index (χ1) is 14.1. The van der Waals surface area contributed by atoms with Gasteiger partial charge < -0.3 is 19.4 Å². The molecule has 148 valence electrons. The number of carbonyl (C=O) groups excluding carboxylic acids is 1. The van der Waals surface area contributed by atoms with Crippen LogP contribution in [0.4, 0.5) is 0 Å². The minimum atomic E-state index is -0.369. The van der Waals surface area contributed by atoms with E-state index in [1.807, 2.05) is 60.3 Å². The van der Waals surface area contributed by atoms with Crippen LogP contribution in [0, 0.1) is 0 Å². The maximum absolute atomic E-state index is 12.7. The molecule has 1 amide bonds. The van der Waals surface area contributed by atoms with Crippen LogP contribution in [0.2, 0.25) is 0 Å². The van der Waals surface area contributed by atoms with Crippen LogP contribution in [0.3, 0.4) is 0 Å². The average molecular weight is 389 g/mol. The molecule has 2 heterocycles. The lowest BCUT2D eigenvalue weighted by atomic mass is 10.1. The van der Waals surface area contributed by atoms with Gasteiger partial charge in [-0.2, -0.15) is 0 Å². The number of aromatic nitrogens is 2. The highest BCUT2D eigenvalue weighted by molar-refractivity contribution is 5.92. The van der Waals surface area contributed by atoms with Gasteiger partial charge in [-0.3, -0.25) is 4.79 Å². The number of hydrogen-bond donors (Lipinski definition) is 1. The van der Waals surface area contributed by atoms with Gasteiger partial charge in [0.2, 0.25) is 5.91 Å². The van der Waals surface area contributed by atoms with Gasteiger partial charge in [0.15, 0.2) is 0 Å². The lowest BCUT2D eigenvalue weighted by Crippen LogP contribution is -2.29. The molecular weight excluding hydrogens is 366 g/mol. The number of nitrogens with one attached hydrogen (secondary N) is 1. The minimum absolute atomic E-state index is 0.189. The van der Waals surface area contributed by atoms with Gasteiger partial charge in [-0.15, -0.1) is 0 Å². The molecule has 0 spiro atoms. The molecule has 3 aromatic rings. The molecule has 1 atom stereocenters. The molecule has 6 nitrogen and oxygen atoms in total. The molecule has 0 radical (unpaired) electrons. The molecule has 29 heavy (non-hydrogen) atoms. The van der Waals surface area contributed by atoms with Crippen LogP contribution >= 0.6 is 0 Å². The number of fused-ring (bicyclic) bond motifs is 1. The molecule has 0 saturated carbocycles. The van der Waals surface area contributed by atoms with Gasteiger partial charge in [-0.05, 0) is 47.0 Å². The SMILES string of the molecule is COc1ccc(C(NC(=O)/C=C/c2ccc3c(c2)CCO3)c2nccn2C)cc1. The van der Waals surface area contributed by atoms with E-state index in [0.29, 0.717) is 0 Å². The predicted molar refractivity (Wildman–Crippen MR) is 111 cm³/mol. The summed E-state index contributed by atoms with van der Waals surface area (Å²) in [5.74, 6) is 2.26. The first-order valence-corrected chi connectivity index (χ1v) is 9.49. The summed E-state index contributed by atoms with van der Waals surface area (Å²) < 4.78 is 12.7. The smallest absolute Gasteiger partial charge is 0.244 e. The summed E-state index contributed by atoms with van der Waals surface area (Å²) in [6, 6.07) is 13.2. The summed E-state index contributed by atoms with van der Waals surface area (Å²) in [5, 5.41) is 3.06. The van der Waals surface area contributed by atoms with Gasteiger partial charge in [0.25, 0.3) is 0 Å². The van der Waals surface area contributed by atoms with Crippen LogP contribution in [-0.4, -0.2) is 29.2 Å². The Hall–Kier alpha value is -3.54. The number of aryl methyl sites for hydroxylation is 1. The van der Waals surface area contributed by atoms with Crippen molar-refractivity contribution in [2.45, 2.75) is 12.5 Å². The second-order valence-corrected chi connectivity index (χ2v) is 6.91. The molecule has 6 heteroatoms. The van der Waals surface area contributed by atoms with Gasteiger partial charge in [0.05, 0.1) is 13.7 Å². The highest BCUT2D eigenvalue weighted by Gasteiger charge is 2.20. The Morgan fingerprint density at radius 2 is 2.10 bits per heavy atom. The molecule has 1 unspecified atom stereocenters. The summed E-state index contributed by atoms with van der Waals surface area (Å²) in [6.07, 6.45) is 7.86. The van der Waals surface area contributed by atoms with E-state index in [1.165, 1.54) is 5.56 Å². The van der Waals surface area contributed by atoms with E-state index in [4.69, 9.17) is 9.47 Å². The van der Waals surface area contributed by atoms with Gasteiger partial charge in [0.1, 0.15) is 23.4 Å². The monoisotopic (exact) mass is 389 g/mol. The quantitative estimate of drug-likeness (QED) is 0.657. The van der Waals surface area contributed by atoms with Crippen LogP contribution in [0.5, 0.6) is 11.5 Å².